The minimum atomic E-state index is -0.321. The molecule has 1 aromatic rings. The molecule has 1 N–H and O–H groups in total. The zero-order chi connectivity index (χ0) is 14.8. The van der Waals surface area contributed by atoms with Crippen LogP contribution in [-0.4, -0.2) is 49.1 Å². The fraction of sp³-hybridized carbons (Fsp3) is 0.600. The monoisotopic (exact) mass is 290 g/mol. The highest BCUT2D eigenvalue weighted by atomic mass is 16.6. The lowest BCUT2D eigenvalue weighted by atomic mass is 10.2. The summed E-state index contributed by atoms with van der Waals surface area (Å²) in [6, 6.07) is 5.87. The van der Waals surface area contributed by atoms with E-state index in [0.29, 0.717) is 6.04 Å². The zero-order valence-electron chi connectivity index (χ0n) is 12.4. The number of anilines is 2. The van der Waals surface area contributed by atoms with Crippen LogP contribution < -0.4 is 10.2 Å². The van der Waals surface area contributed by atoms with Crippen molar-refractivity contribution in [2.75, 3.05) is 43.4 Å². The lowest BCUT2D eigenvalue weighted by molar-refractivity contribution is -0.384. The lowest BCUT2D eigenvalue weighted by Crippen LogP contribution is -2.35. The number of nitro benzene ring substituents is 1. The summed E-state index contributed by atoms with van der Waals surface area (Å²) in [5.41, 5.74) is 1.90. The number of benzene rings is 1. The molecule has 1 atom stereocenters. The van der Waals surface area contributed by atoms with E-state index in [-0.39, 0.29) is 10.6 Å². The van der Waals surface area contributed by atoms with Crippen LogP contribution in [0.25, 0.3) is 0 Å². The number of hydrogen-bond donors (Lipinski definition) is 1. The summed E-state index contributed by atoms with van der Waals surface area (Å²) >= 11 is 0. The Morgan fingerprint density at radius 1 is 1.24 bits per heavy atom. The molecule has 2 aliphatic heterocycles. The summed E-state index contributed by atoms with van der Waals surface area (Å²) in [7, 11) is 1.79. The summed E-state index contributed by atoms with van der Waals surface area (Å²) in [5.74, 6) is 0. The zero-order valence-corrected chi connectivity index (χ0v) is 12.4. The second-order valence-corrected chi connectivity index (χ2v) is 5.88. The van der Waals surface area contributed by atoms with Crippen LogP contribution in [-0.2, 0) is 0 Å². The van der Waals surface area contributed by atoms with Crippen LogP contribution in [0, 0.1) is 10.1 Å². The van der Waals surface area contributed by atoms with Crippen molar-refractivity contribution in [3.8, 4) is 0 Å². The SMILES string of the molecule is CNc1cc(N2CCC(N3CCCC3)C2)cc([N+](=O)[O-])c1. The summed E-state index contributed by atoms with van der Waals surface area (Å²) in [6.07, 6.45) is 3.76. The number of nitro groups is 1. The number of hydrogen-bond acceptors (Lipinski definition) is 5. The fourth-order valence-corrected chi connectivity index (χ4v) is 3.41. The van der Waals surface area contributed by atoms with Crippen LogP contribution in [0.5, 0.6) is 0 Å². The van der Waals surface area contributed by atoms with Gasteiger partial charge in [-0.1, -0.05) is 0 Å². The van der Waals surface area contributed by atoms with Gasteiger partial charge in [-0.15, -0.1) is 0 Å². The van der Waals surface area contributed by atoms with Crippen LogP contribution in [0.4, 0.5) is 17.1 Å². The van der Waals surface area contributed by atoms with Gasteiger partial charge < -0.3 is 10.2 Å². The second-order valence-electron chi connectivity index (χ2n) is 5.88. The maximum Gasteiger partial charge on any atom is 0.273 e. The van der Waals surface area contributed by atoms with E-state index >= 15 is 0 Å². The topological polar surface area (TPSA) is 61.6 Å². The highest BCUT2D eigenvalue weighted by Crippen LogP contribution is 2.30. The average Bonchev–Trinajstić information content (AvgIpc) is 3.17. The van der Waals surface area contributed by atoms with Crippen molar-refractivity contribution in [2.45, 2.75) is 25.3 Å². The fourth-order valence-electron chi connectivity index (χ4n) is 3.41. The summed E-state index contributed by atoms with van der Waals surface area (Å²) in [5, 5.41) is 14.1. The molecule has 0 aliphatic carbocycles. The first-order valence-corrected chi connectivity index (χ1v) is 7.63. The van der Waals surface area contributed by atoms with E-state index in [9.17, 15) is 10.1 Å². The second kappa shape index (κ2) is 5.89. The van der Waals surface area contributed by atoms with Crippen molar-refractivity contribution in [2.24, 2.45) is 0 Å². The Balaban J connectivity index is 1.77. The van der Waals surface area contributed by atoms with E-state index in [2.05, 4.69) is 15.1 Å². The van der Waals surface area contributed by atoms with Crippen LogP contribution in [0.2, 0.25) is 0 Å². The molecule has 1 aromatic carbocycles. The van der Waals surface area contributed by atoms with Gasteiger partial charge in [0.25, 0.3) is 5.69 Å². The number of rotatable bonds is 4. The molecule has 0 saturated carbocycles. The third-order valence-corrected chi connectivity index (χ3v) is 4.59. The largest absolute Gasteiger partial charge is 0.388 e. The lowest BCUT2D eigenvalue weighted by Gasteiger charge is -2.24. The first kappa shape index (κ1) is 14.1. The predicted molar refractivity (Wildman–Crippen MR) is 84.1 cm³/mol. The molecule has 6 heteroatoms. The van der Waals surface area contributed by atoms with Crippen molar-refractivity contribution in [1.82, 2.24) is 4.90 Å². The van der Waals surface area contributed by atoms with Crippen molar-refractivity contribution in [3.05, 3.63) is 28.3 Å². The molecular weight excluding hydrogens is 268 g/mol. The minimum absolute atomic E-state index is 0.154. The van der Waals surface area contributed by atoms with E-state index < -0.39 is 0 Å². The smallest absolute Gasteiger partial charge is 0.273 e. The van der Waals surface area contributed by atoms with Gasteiger partial charge in [-0.3, -0.25) is 15.0 Å². The number of nitrogens with zero attached hydrogens (tertiary/aromatic N) is 3. The molecular formula is C15H22N4O2. The molecule has 0 radical (unpaired) electrons. The van der Waals surface area contributed by atoms with Gasteiger partial charge in [0.15, 0.2) is 0 Å². The number of nitrogens with one attached hydrogen (secondary N) is 1. The Morgan fingerprint density at radius 2 is 2.00 bits per heavy atom. The average molecular weight is 290 g/mol. The van der Waals surface area contributed by atoms with Gasteiger partial charge in [-0.2, -0.15) is 0 Å². The van der Waals surface area contributed by atoms with Crippen molar-refractivity contribution < 1.29 is 4.92 Å². The summed E-state index contributed by atoms with van der Waals surface area (Å²) < 4.78 is 0. The Morgan fingerprint density at radius 3 is 2.67 bits per heavy atom. The van der Waals surface area contributed by atoms with Crippen LogP contribution in [0.15, 0.2) is 18.2 Å². The summed E-state index contributed by atoms with van der Waals surface area (Å²) in [4.78, 5) is 15.6. The molecule has 0 spiro atoms. The van der Waals surface area contributed by atoms with Gasteiger partial charge in [0, 0.05) is 49.7 Å². The predicted octanol–water partition coefficient (Wildman–Crippen LogP) is 2.31. The Bertz CT molecular complexity index is 528. The molecule has 0 amide bonds. The van der Waals surface area contributed by atoms with Gasteiger partial charge in [0.05, 0.1) is 4.92 Å². The molecule has 21 heavy (non-hydrogen) atoms. The van der Waals surface area contributed by atoms with E-state index in [4.69, 9.17) is 0 Å². The minimum Gasteiger partial charge on any atom is -0.388 e. The molecule has 3 rings (SSSR count). The van der Waals surface area contributed by atoms with Gasteiger partial charge in [-0.05, 0) is 38.4 Å². The Labute approximate surface area is 124 Å². The quantitative estimate of drug-likeness (QED) is 0.681. The maximum atomic E-state index is 11.1. The van der Waals surface area contributed by atoms with Crippen LogP contribution in [0.1, 0.15) is 19.3 Å². The molecule has 6 nitrogen and oxygen atoms in total. The van der Waals surface area contributed by atoms with Crippen LogP contribution in [0.3, 0.4) is 0 Å². The standard InChI is InChI=1S/C15H22N4O2/c1-16-12-8-14(10-15(9-12)19(20)21)18-7-4-13(11-18)17-5-2-3-6-17/h8-10,13,16H,2-7,11H2,1H3. The van der Waals surface area contributed by atoms with Crippen molar-refractivity contribution in [1.29, 1.82) is 0 Å². The van der Waals surface area contributed by atoms with Crippen molar-refractivity contribution >= 4 is 17.1 Å². The van der Waals surface area contributed by atoms with Gasteiger partial charge in [0.2, 0.25) is 0 Å². The number of non-ortho nitro benzene ring substituents is 1. The normalized spacial score (nSPS) is 22.7. The van der Waals surface area contributed by atoms with E-state index in [1.165, 1.54) is 25.9 Å². The Kier molecular flexibility index (Phi) is 3.96. The maximum absolute atomic E-state index is 11.1. The molecule has 2 aliphatic rings. The van der Waals surface area contributed by atoms with E-state index in [1.54, 1.807) is 19.2 Å². The molecule has 2 heterocycles. The molecule has 2 fully saturated rings. The van der Waals surface area contributed by atoms with Crippen molar-refractivity contribution in [3.63, 3.8) is 0 Å². The molecule has 0 bridgehead atoms. The highest BCUT2D eigenvalue weighted by Gasteiger charge is 2.30. The van der Waals surface area contributed by atoms with Gasteiger partial charge in [-0.25, -0.2) is 0 Å². The molecule has 1 unspecified atom stereocenters. The third kappa shape index (κ3) is 2.95. The van der Waals surface area contributed by atoms with E-state index in [0.717, 1.165) is 30.9 Å². The van der Waals surface area contributed by atoms with E-state index in [1.807, 2.05) is 6.07 Å². The molecule has 114 valence electrons. The third-order valence-electron chi connectivity index (χ3n) is 4.59. The van der Waals surface area contributed by atoms with Gasteiger partial charge in [0.1, 0.15) is 0 Å². The van der Waals surface area contributed by atoms with Crippen LogP contribution >= 0.6 is 0 Å². The highest BCUT2D eigenvalue weighted by molar-refractivity contribution is 5.64. The molecule has 2 saturated heterocycles. The number of likely N-dealkylation sites (tertiary alicyclic amines) is 1. The summed E-state index contributed by atoms with van der Waals surface area (Å²) in [6.45, 7) is 4.36. The first-order chi connectivity index (χ1) is 10.2. The Hall–Kier alpha value is -1.82. The molecule has 0 aromatic heterocycles. The van der Waals surface area contributed by atoms with Gasteiger partial charge >= 0.3 is 0 Å². The first-order valence-electron chi connectivity index (χ1n) is 7.63.